The van der Waals surface area contributed by atoms with E-state index in [1.165, 1.54) is 0 Å². The van der Waals surface area contributed by atoms with Crippen LogP contribution in [0.4, 0.5) is 0 Å². The summed E-state index contributed by atoms with van der Waals surface area (Å²) < 4.78 is 7.68. The quantitative estimate of drug-likeness (QED) is 0.771. The Labute approximate surface area is 86.5 Å². The number of aromatic amines is 1. The topological polar surface area (TPSA) is 46.8 Å². The summed E-state index contributed by atoms with van der Waals surface area (Å²) in [5.41, 5.74) is 1.98. The van der Waals surface area contributed by atoms with Crippen molar-refractivity contribution >= 4 is 12.2 Å². The fourth-order valence-corrected chi connectivity index (χ4v) is 1.60. The summed E-state index contributed by atoms with van der Waals surface area (Å²) in [7, 11) is 0. The molecule has 0 fully saturated rings. The predicted molar refractivity (Wildman–Crippen MR) is 54.7 cm³/mol. The van der Waals surface area contributed by atoms with E-state index in [1.54, 1.807) is 0 Å². The summed E-state index contributed by atoms with van der Waals surface area (Å²) >= 11 is 5.13. The van der Waals surface area contributed by atoms with Gasteiger partial charge in [0.25, 0.3) is 0 Å². The monoisotopic (exact) mass is 209 g/mol. The van der Waals surface area contributed by atoms with Crippen LogP contribution in [0.25, 0.3) is 0 Å². The normalized spacial score (nSPS) is 10.7. The van der Waals surface area contributed by atoms with Gasteiger partial charge < -0.3 is 14.1 Å². The van der Waals surface area contributed by atoms with E-state index in [-0.39, 0.29) is 0 Å². The van der Waals surface area contributed by atoms with Gasteiger partial charge in [0.1, 0.15) is 11.5 Å². The predicted octanol–water partition coefficient (Wildman–Crippen LogP) is 2.20. The van der Waals surface area contributed by atoms with Gasteiger partial charge in [0.05, 0.1) is 6.54 Å². The number of nitrogens with one attached hydrogen (secondary N) is 1. The molecule has 74 valence electrons. The zero-order valence-corrected chi connectivity index (χ0v) is 8.89. The first-order valence-electron chi connectivity index (χ1n) is 4.34. The highest BCUT2D eigenvalue weighted by molar-refractivity contribution is 7.71. The lowest BCUT2D eigenvalue weighted by atomic mass is 10.3. The zero-order valence-electron chi connectivity index (χ0n) is 8.07. The fourth-order valence-electron chi connectivity index (χ4n) is 1.33. The molecule has 0 bridgehead atoms. The van der Waals surface area contributed by atoms with Crippen LogP contribution in [0, 0.1) is 18.6 Å². The third-order valence-corrected chi connectivity index (χ3v) is 2.41. The van der Waals surface area contributed by atoms with E-state index in [1.807, 2.05) is 30.7 Å². The van der Waals surface area contributed by atoms with Crippen LogP contribution in [0.15, 0.2) is 16.8 Å². The van der Waals surface area contributed by atoms with Crippen LogP contribution in [-0.4, -0.2) is 14.7 Å². The van der Waals surface area contributed by atoms with E-state index in [4.69, 9.17) is 16.7 Å². The molecule has 0 aromatic carbocycles. The van der Waals surface area contributed by atoms with Crippen molar-refractivity contribution < 1.29 is 4.52 Å². The highest BCUT2D eigenvalue weighted by atomic mass is 32.1. The molecule has 0 saturated carbocycles. The average molecular weight is 209 g/mol. The van der Waals surface area contributed by atoms with E-state index < -0.39 is 0 Å². The highest BCUT2D eigenvalue weighted by Crippen LogP contribution is 2.07. The molecule has 0 aliphatic heterocycles. The number of hydrogen-bond donors (Lipinski definition) is 1. The number of H-pyrrole nitrogens is 1. The molecular formula is C9H11N3OS. The summed E-state index contributed by atoms with van der Waals surface area (Å²) in [5.74, 6) is 0.819. The Morgan fingerprint density at radius 1 is 1.57 bits per heavy atom. The summed E-state index contributed by atoms with van der Waals surface area (Å²) in [6.07, 6.45) is 1.88. The number of rotatable bonds is 2. The second-order valence-corrected chi connectivity index (χ2v) is 3.64. The van der Waals surface area contributed by atoms with Crippen LogP contribution in [0.2, 0.25) is 0 Å². The van der Waals surface area contributed by atoms with Crippen molar-refractivity contribution in [2.45, 2.75) is 20.4 Å². The van der Waals surface area contributed by atoms with Crippen LogP contribution in [0.5, 0.6) is 0 Å². The van der Waals surface area contributed by atoms with Crippen molar-refractivity contribution in [3.05, 3.63) is 34.2 Å². The van der Waals surface area contributed by atoms with E-state index in [2.05, 4.69) is 10.1 Å². The Hall–Kier alpha value is -1.36. The smallest absolute Gasteiger partial charge is 0.177 e. The van der Waals surface area contributed by atoms with Crippen molar-refractivity contribution in [3.63, 3.8) is 0 Å². The summed E-state index contributed by atoms with van der Waals surface area (Å²) in [6, 6.07) is 1.91. The Morgan fingerprint density at radius 2 is 2.36 bits per heavy atom. The second-order valence-electron chi connectivity index (χ2n) is 3.25. The van der Waals surface area contributed by atoms with Gasteiger partial charge in [0.2, 0.25) is 0 Å². The number of aryl methyl sites for hydroxylation is 2. The lowest BCUT2D eigenvalue weighted by Crippen LogP contribution is -2.01. The molecule has 0 atom stereocenters. The zero-order chi connectivity index (χ0) is 10.1. The number of imidazole rings is 1. The lowest BCUT2D eigenvalue weighted by Gasteiger charge is -2.00. The first-order valence-corrected chi connectivity index (χ1v) is 4.74. The van der Waals surface area contributed by atoms with E-state index >= 15 is 0 Å². The number of aromatic nitrogens is 3. The molecule has 5 heteroatoms. The minimum atomic E-state index is 0.658. The third kappa shape index (κ3) is 1.63. The molecule has 0 spiro atoms. The number of nitrogens with zero attached hydrogens (tertiary/aromatic N) is 2. The molecule has 2 aromatic rings. The SMILES string of the molecule is Cc1cc(Cn2c(C)c[nH]c2=S)no1. The molecule has 14 heavy (non-hydrogen) atoms. The van der Waals surface area contributed by atoms with Crippen molar-refractivity contribution in [2.75, 3.05) is 0 Å². The highest BCUT2D eigenvalue weighted by Gasteiger charge is 2.04. The van der Waals surface area contributed by atoms with Crippen LogP contribution in [-0.2, 0) is 6.54 Å². The molecule has 2 aromatic heterocycles. The van der Waals surface area contributed by atoms with Crippen molar-refractivity contribution in [1.82, 2.24) is 14.7 Å². The first kappa shape index (κ1) is 9.21. The molecule has 2 rings (SSSR count). The minimum Gasteiger partial charge on any atom is -0.361 e. The standard InChI is InChI=1S/C9H11N3OS/c1-6-4-10-9(14)12(6)5-8-3-7(2)13-11-8/h3-4H,5H2,1-2H3,(H,10,14). The van der Waals surface area contributed by atoms with Crippen molar-refractivity contribution in [1.29, 1.82) is 0 Å². The van der Waals surface area contributed by atoms with Gasteiger partial charge in [-0.2, -0.15) is 0 Å². The molecule has 0 radical (unpaired) electrons. The lowest BCUT2D eigenvalue weighted by molar-refractivity contribution is 0.388. The Bertz CT molecular complexity index is 494. The summed E-state index contributed by atoms with van der Waals surface area (Å²) in [6.45, 7) is 4.53. The maximum atomic E-state index is 5.13. The van der Waals surface area contributed by atoms with Crippen LogP contribution < -0.4 is 0 Å². The molecule has 1 N–H and O–H groups in total. The minimum absolute atomic E-state index is 0.658. The summed E-state index contributed by atoms with van der Waals surface area (Å²) in [4.78, 5) is 2.98. The Kier molecular flexibility index (Phi) is 2.25. The molecule has 0 aliphatic rings. The average Bonchev–Trinajstić information content (AvgIpc) is 2.67. The van der Waals surface area contributed by atoms with Gasteiger partial charge in [-0.05, 0) is 26.1 Å². The van der Waals surface area contributed by atoms with Gasteiger partial charge in [-0.25, -0.2) is 0 Å². The van der Waals surface area contributed by atoms with Crippen molar-refractivity contribution in [3.8, 4) is 0 Å². The molecular weight excluding hydrogens is 198 g/mol. The Balaban J connectivity index is 2.31. The van der Waals surface area contributed by atoms with Gasteiger partial charge in [-0.15, -0.1) is 0 Å². The fraction of sp³-hybridized carbons (Fsp3) is 0.333. The van der Waals surface area contributed by atoms with Gasteiger partial charge in [0.15, 0.2) is 4.77 Å². The molecule has 0 saturated heterocycles. The molecule has 4 nitrogen and oxygen atoms in total. The van der Waals surface area contributed by atoms with Crippen LogP contribution in [0.1, 0.15) is 17.1 Å². The van der Waals surface area contributed by atoms with Crippen molar-refractivity contribution in [2.24, 2.45) is 0 Å². The molecule has 2 heterocycles. The Morgan fingerprint density at radius 3 is 2.86 bits per heavy atom. The number of hydrogen-bond acceptors (Lipinski definition) is 3. The maximum Gasteiger partial charge on any atom is 0.177 e. The van der Waals surface area contributed by atoms with Gasteiger partial charge in [0, 0.05) is 18.0 Å². The third-order valence-electron chi connectivity index (χ3n) is 2.07. The van der Waals surface area contributed by atoms with E-state index in [0.717, 1.165) is 17.1 Å². The van der Waals surface area contributed by atoms with Gasteiger partial charge >= 0.3 is 0 Å². The van der Waals surface area contributed by atoms with Gasteiger partial charge in [-0.1, -0.05) is 5.16 Å². The maximum absolute atomic E-state index is 5.13. The van der Waals surface area contributed by atoms with E-state index in [0.29, 0.717) is 11.3 Å². The summed E-state index contributed by atoms with van der Waals surface area (Å²) in [5, 5.41) is 3.92. The van der Waals surface area contributed by atoms with Crippen LogP contribution >= 0.6 is 12.2 Å². The van der Waals surface area contributed by atoms with Gasteiger partial charge in [-0.3, -0.25) is 0 Å². The molecule has 0 aliphatic carbocycles. The van der Waals surface area contributed by atoms with E-state index in [9.17, 15) is 0 Å². The largest absolute Gasteiger partial charge is 0.361 e. The van der Waals surface area contributed by atoms with Crippen LogP contribution in [0.3, 0.4) is 0 Å². The second kappa shape index (κ2) is 3.42. The molecule has 0 amide bonds. The molecule has 0 unspecified atom stereocenters. The first-order chi connectivity index (χ1) is 6.66.